The number of ether oxygens (including phenoxy) is 7. The van der Waals surface area contributed by atoms with Crippen molar-refractivity contribution in [2.45, 2.75) is 44.9 Å². The maximum absolute atomic E-state index is 12.8. The Bertz CT molecular complexity index is 1820. The summed E-state index contributed by atoms with van der Waals surface area (Å²) in [6, 6.07) is 19.1. The second-order valence-electron chi connectivity index (χ2n) is 11.7. The first-order chi connectivity index (χ1) is 26.2. The van der Waals surface area contributed by atoms with Gasteiger partial charge in [-0.3, -0.25) is 0 Å². The molecule has 54 heavy (non-hydrogen) atoms. The molecule has 0 saturated heterocycles. The van der Waals surface area contributed by atoms with Crippen LogP contribution in [0.2, 0.25) is 0 Å². The summed E-state index contributed by atoms with van der Waals surface area (Å²) < 4.78 is 37.6. The van der Waals surface area contributed by atoms with E-state index in [1.807, 2.05) is 0 Å². The summed E-state index contributed by atoms with van der Waals surface area (Å²) in [4.78, 5) is 60.1. The molecule has 0 amide bonds. The lowest BCUT2D eigenvalue weighted by Crippen LogP contribution is -2.11. The highest BCUT2D eigenvalue weighted by Gasteiger charge is 2.18. The highest BCUT2D eigenvalue weighted by molar-refractivity contribution is 5.92. The van der Waals surface area contributed by atoms with Gasteiger partial charge in [0.1, 0.15) is 28.8 Å². The number of unbranched alkanes of at least 4 members (excludes halogenated alkanes) is 3. The van der Waals surface area contributed by atoms with Crippen molar-refractivity contribution in [1.29, 1.82) is 0 Å². The van der Waals surface area contributed by atoms with E-state index in [1.54, 1.807) is 60.7 Å². The maximum atomic E-state index is 12.8. The zero-order chi connectivity index (χ0) is 38.5. The third-order valence-electron chi connectivity index (χ3n) is 7.69. The summed E-state index contributed by atoms with van der Waals surface area (Å²) in [6.07, 6.45) is 10.1. The van der Waals surface area contributed by atoms with Gasteiger partial charge in [0.2, 0.25) is 0 Å². The molecule has 0 aliphatic heterocycles. The molecule has 12 heteroatoms. The first-order valence-corrected chi connectivity index (χ1v) is 17.4. The summed E-state index contributed by atoms with van der Waals surface area (Å²) in [7, 11) is 0. The first-order valence-electron chi connectivity index (χ1n) is 17.4. The Morgan fingerprint density at radius 1 is 0.463 bits per heavy atom. The summed E-state index contributed by atoms with van der Waals surface area (Å²) in [6.45, 7) is 8.13. The number of carbonyl (C=O) groups is 5. The molecule has 0 aromatic heterocycles. The van der Waals surface area contributed by atoms with E-state index in [9.17, 15) is 24.0 Å². The van der Waals surface area contributed by atoms with Gasteiger partial charge in [-0.25, -0.2) is 24.0 Å². The van der Waals surface area contributed by atoms with E-state index in [4.69, 9.17) is 33.2 Å². The molecule has 0 N–H and O–H groups in total. The second kappa shape index (κ2) is 21.8. The molecule has 0 unspecified atom stereocenters. The van der Waals surface area contributed by atoms with Crippen molar-refractivity contribution in [3.63, 3.8) is 0 Å². The van der Waals surface area contributed by atoms with Crippen LogP contribution in [0.3, 0.4) is 0 Å². The van der Waals surface area contributed by atoms with Crippen molar-refractivity contribution in [2.75, 3.05) is 26.4 Å². The van der Waals surface area contributed by atoms with E-state index in [1.165, 1.54) is 24.3 Å². The standard InChI is InChI=1S/C42H42O12/c1-3-38(43)50-27-8-6-5-7-26-48-33-16-10-31(11-17-33)41(46)53-36-22-24-37(25-23-36)54-42(47)32-14-20-35(21-15-32)52-40(45)30-12-18-34(19-13-30)49-28-9-29-51-39(44)4-2/h3-4,10-22,24H,1-2,5-9,23,25-29H2. The Morgan fingerprint density at radius 3 is 1.26 bits per heavy atom. The minimum atomic E-state index is -0.587. The van der Waals surface area contributed by atoms with Crippen LogP contribution in [0.1, 0.15) is 76.0 Å². The summed E-state index contributed by atoms with van der Waals surface area (Å²) in [5, 5.41) is 0. The number of hydrogen-bond donors (Lipinski definition) is 0. The molecule has 1 aliphatic rings. The van der Waals surface area contributed by atoms with E-state index in [2.05, 4.69) is 13.2 Å². The Labute approximate surface area is 313 Å². The van der Waals surface area contributed by atoms with Gasteiger partial charge in [0, 0.05) is 31.4 Å². The van der Waals surface area contributed by atoms with Gasteiger partial charge in [0.25, 0.3) is 0 Å². The predicted molar refractivity (Wildman–Crippen MR) is 197 cm³/mol. The third kappa shape index (κ3) is 13.9. The summed E-state index contributed by atoms with van der Waals surface area (Å²) in [5.41, 5.74) is 0.932. The summed E-state index contributed by atoms with van der Waals surface area (Å²) in [5.74, 6) is -0.306. The lowest BCUT2D eigenvalue weighted by atomic mass is 10.1. The van der Waals surface area contributed by atoms with E-state index >= 15 is 0 Å². The van der Waals surface area contributed by atoms with Crippen LogP contribution >= 0.6 is 0 Å². The van der Waals surface area contributed by atoms with Crippen molar-refractivity contribution in [1.82, 2.24) is 0 Å². The van der Waals surface area contributed by atoms with Crippen LogP contribution in [0, 0.1) is 0 Å². The topological polar surface area (TPSA) is 150 Å². The fourth-order valence-electron chi connectivity index (χ4n) is 4.78. The summed E-state index contributed by atoms with van der Waals surface area (Å²) >= 11 is 0. The molecule has 4 rings (SSSR count). The SMILES string of the molecule is C=CC(=O)OCCCCCCOc1ccc(C(=O)OC2=CC=C(OC(=O)c3ccc(OC(=O)c4ccc(OCCCOC(=O)C=C)cc4)cc3)CC2)cc1. The first kappa shape index (κ1) is 40.3. The lowest BCUT2D eigenvalue weighted by Gasteiger charge is -2.15. The maximum Gasteiger partial charge on any atom is 0.343 e. The fourth-order valence-corrected chi connectivity index (χ4v) is 4.78. The van der Waals surface area contributed by atoms with Gasteiger partial charge in [0.15, 0.2) is 0 Å². The monoisotopic (exact) mass is 738 g/mol. The highest BCUT2D eigenvalue weighted by Crippen LogP contribution is 2.24. The molecule has 0 heterocycles. The molecule has 0 atom stereocenters. The van der Waals surface area contributed by atoms with E-state index in [-0.39, 0.29) is 17.9 Å². The molecular formula is C42H42O12. The fraction of sp³-hybridized carbons (Fsp3) is 0.262. The van der Waals surface area contributed by atoms with Crippen LogP contribution in [0.25, 0.3) is 0 Å². The molecule has 1 aliphatic carbocycles. The minimum absolute atomic E-state index is 0.208. The molecule has 0 fully saturated rings. The van der Waals surface area contributed by atoms with Crippen LogP contribution in [0.5, 0.6) is 17.2 Å². The molecule has 0 radical (unpaired) electrons. The number of allylic oxidation sites excluding steroid dienone is 4. The van der Waals surface area contributed by atoms with Crippen LogP contribution in [-0.2, 0) is 28.5 Å². The van der Waals surface area contributed by atoms with E-state index < -0.39 is 29.8 Å². The minimum Gasteiger partial charge on any atom is -0.494 e. The number of carbonyl (C=O) groups excluding carboxylic acids is 5. The van der Waals surface area contributed by atoms with Crippen LogP contribution < -0.4 is 14.2 Å². The van der Waals surface area contributed by atoms with E-state index in [0.29, 0.717) is 73.2 Å². The predicted octanol–water partition coefficient (Wildman–Crippen LogP) is 7.65. The molecule has 0 saturated carbocycles. The average molecular weight is 739 g/mol. The lowest BCUT2D eigenvalue weighted by molar-refractivity contribution is -0.138. The van der Waals surface area contributed by atoms with Crippen molar-refractivity contribution in [2.24, 2.45) is 0 Å². The van der Waals surface area contributed by atoms with Crippen molar-refractivity contribution >= 4 is 29.8 Å². The van der Waals surface area contributed by atoms with Gasteiger partial charge < -0.3 is 33.2 Å². The Morgan fingerprint density at radius 2 is 0.833 bits per heavy atom. The smallest absolute Gasteiger partial charge is 0.343 e. The van der Waals surface area contributed by atoms with Crippen LogP contribution in [0.4, 0.5) is 0 Å². The number of esters is 5. The van der Waals surface area contributed by atoms with Crippen LogP contribution in [-0.4, -0.2) is 56.3 Å². The van der Waals surface area contributed by atoms with Gasteiger partial charge in [-0.1, -0.05) is 13.2 Å². The Kier molecular flexibility index (Phi) is 16.3. The van der Waals surface area contributed by atoms with Gasteiger partial charge in [-0.05, 0) is 111 Å². The largest absolute Gasteiger partial charge is 0.494 e. The third-order valence-corrected chi connectivity index (χ3v) is 7.69. The highest BCUT2D eigenvalue weighted by atomic mass is 16.6. The Hall–Kier alpha value is -6.43. The van der Waals surface area contributed by atoms with Gasteiger partial charge in [-0.15, -0.1) is 0 Å². The molecule has 0 bridgehead atoms. The van der Waals surface area contributed by atoms with Gasteiger partial charge in [0.05, 0.1) is 43.1 Å². The molecular weight excluding hydrogens is 696 g/mol. The molecule has 3 aromatic rings. The Balaban J connectivity index is 1.14. The van der Waals surface area contributed by atoms with Crippen molar-refractivity contribution in [3.8, 4) is 17.2 Å². The van der Waals surface area contributed by atoms with Crippen molar-refractivity contribution in [3.05, 3.63) is 138 Å². The molecule has 12 nitrogen and oxygen atoms in total. The second-order valence-corrected chi connectivity index (χ2v) is 11.7. The van der Waals surface area contributed by atoms with E-state index in [0.717, 1.165) is 37.8 Å². The number of hydrogen-bond acceptors (Lipinski definition) is 12. The molecule has 0 spiro atoms. The molecule has 3 aromatic carbocycles. The van der Waals surface area contributed by atoms with Gasteiger partial charge in [-0.2, -0.15) is 0 Å². The van der Waals surface area contributed by atoms with Crippen LogP contribution in [0.15, 0.2) is 122 Å². The average Bonchev–Trinajstić information content (AvgIpc) is 3.19. The number of rotatable bonds is 21. The zero-order valence-corrected chi connectivity index (χ0v) is 29.8. The quantitative estimate of drug-likeness (QED) is 0.0347. The van der Waals surface area contributed by atoms with Gasteiger partial charge >= 0.3 is 29.8 Å². The number of benzene rings is 3. The van der Waals surface area contributed by atoms with Crippen molar-refractivity contribution < 1.29 is 57.1 Å². The normalized spacial score (nSPS) is 11.9. The zero-order valence-electron chi connectivity index (χ0n) is 29.8. The molecule has 282 valence electrons.